The molecule has 1 saturated heterocycles. The van der Waals surface area contributed by atoms with Crippen molar-refractivity contribution in [1.82, 2.24) is 39.9 Å². The monoisotopic (exact) mass is 477 g/mol. The first-order valence-electron chi connectivity index (χ1n) is 11.0. The van der Waals surface area contributed by atoms with Crippen molar-refractivity contribution in [2.24, 2.45) is 0 Å². The lowest BCUT2D eigenvalue weighted by molar-refractivity contribution is 0.190. The maximum absolute atomic E-state index is 13.9. The van der Waals surface area contributed by atoms with Crippen molar-refractivity contribution in [3.05, 3.63) is 53.1 Å². The highest BCUT2D eigenvalue weighted by molar-refractivity contribution is 5.75. The Morgan fingerprint density at radius 2 is 1.94 bits per heavy atom. The Balaban J connectivity index is 1.41. The summed E-state index contributed by atoms with van der Waals surface area (Å²) >= 11 is 0. The molecule has 1 aliphatic rings. The molecule has 0 unspecified atom stereocenters. The summed E-state index contributed by atoms with van der Waals surface area (Å²) in [5.74, 6) is 1.57. The number of nitrogens with one attached hydrogen (secondary N) is 2. The van der Waals surface area contributed by atoms with Crippen LogP contribution >= 0.6 is 0 Å². The summed E-state index contributed by atoms with van der Waals surface area (Å²) in [4.78, 5) is 33.8. The second-order valence-electron chi connectivity index (χ2n) is 8.00. The zero-order valence-electron chi connectivity index (χ0n) is 19.3. The Morgan fingerprint density at radius 3 is 2.60 bits per heavy atom. The van der Waals surface area contributed by atoms with Crippen LogP contribution in [0.2, 0.25) is 0 Å². The highest BCUT2D eigenvalue weighted by atomic mass is 19.1. The van der Waals surface area contributed by atoms with E-state index in [4.69, 9.17) is 10.7 Å². The van der Waals surface area contributed by atoms with E-state index in [1.165, 1.54) is 18.5 Å². The van der Waals surface area contributed by atoms with E-state index in [0.717, 1.165) is 12.3 Å². The van der Waals surface area contributed by atoms with Gasteiger partial charge < -0.3 is 20.5 Å². The van der Waals surface area contributed by atoms with Gasteiger partial charge in [0.25, 0.3) is 5.95 Å². The third-order valence-corrected chi connectivity index (χ3v) is 5.56. The van der Waals surface area contributed by atoms with E-state index in [-0.39, 0.29) is 18.0 Å². The molecule has 0 spiro atoms. The maximum atomic E-state index is 13.9. The fraction of sp³-hybridized carbons (Fsp3) is 0.364. The number of carbonyl (C=O) groups excluding carboxylic acids is 1. The smallest absolute Gasteiger partial charge is 0.318 e. The van der Waals surface area contributed by atoms with Gasteiger partial charge in [-0.3, -0.25) is 0 Å². The van der Waals surface area contributed by atoms with Crippen LogP contribution in [-0.2, 0) is 0 Å². The Labute approximate surface area is 201 Å². The van der Waals surface area contributed by atoms with Crippen molar-refractivity contribution in [3.63, 3.8) is 0 Å². The number of aryl methyl sites for hydroxylation is 2. The summed E-state index contributed by atoms with van der Waals surface area (Å²) in [6.07, 6.45) is 2.75. The number of carbonyl (C=O) groups is 1. The van der Waals surface area contributed by atoms with E-state index in [2.05, 4.69) is 30.4 Å². The van der Waals surface area contributed by atoms with E-state index in [9.17, 15) is 9.18 Å². The predicted molar refractivity (Wildman–Crippen MR) is 124 cm³/mol. The summed E-state index contributed by atoms with van der Waals surface area (Å²) < 4.78 is 15.5. The molecule has 4 rings (SSSR count). The molecule has 1 atom stereocenters. The van der Waals surface area contributed by atoms with Crippen molar-refractivity contribution in [2.45, 2.75) is 26.3 Å². The van der Waals surface area contributed by atoms with Crippen LogP contribution in [0.1, 0.15) is 35.2 Å². The molecule has 3 heterocycles. The van der Waals surface area contributed by atoms with Gasteiger partial charge in [0, 0.05) is 32.6 Å². The summed E-state index contributed by atoms with van der Waals surface area (Å²) in [6.45, 7) is 5.44. The van der Waals surface area contributed by atoms with Crippen molar-refractivity contribution >= 4 is 18.2 Å². The maximum Gasteiger partial charge on any atom is 0.318 e. The van der Waals surface area contributed by atoms with Gasteiger partial charge in [0.05, 0.1) is 17.7 Å². The number of aromatic nitrogens is 6. The average molecular weight is 478 g/mol. The normalized spacial score (nSPS) is 14.3. The van der Waals surface area contributed by atoms with Gasteiger partial charge in [0.15, 0.2) is 0 Å². The van der Waals surface area contributed by atoms with Gasteiger partial charge >= 0.3 is 6.03 Å². The molecule has 0 bridgehead atoms. The number of halogens is 1. The zero-order valence-corrected chi connectivity index (χ0v) is 19.3. The third-order valence-electron chi connectivity index (χ3n) is 5.56. The van der Waals surface area contributed by atoms with Crippen LogP contribution in [0.5, 0.6) is 0 Å². The minimum Gasteiger partial charge on any atom is -0.337 e. The number of benzene rings is 1. The molecule has 13 heteroatoms. The molecule has 12 nitrogen and oxygen atoms in total. The topological polar surface area (TPSA) is 153 Å². The van der Waals surface area contributed by atoms with E-state index in [1.807, 2.05) is 17.9 Å². The Bertz CT molecular complexity index is 1280. The molecular weight excluding hydrogens is 453 g/mol. The minimum absolute atomic E-state index is 0.158. The number of nitrogens with zero attached hydrogens (tertiary/aromatic N) is 9. The summed E-state index contributed by atoms with van der Waals surface area (Å²) in [5.41, 5.74) is 0.596. The number of anilines is 1. The van der Waals surface area contributed by atoms with Crippen LogP contribution in [0, 0.1) is 36.4 Å². The number of amides is 2. The van der Waals surface area contributed by atoms with Crippen LogP contribution in [0.4, 0.5) is 15.1 Å². The SMILES string of the molecule is Cc1nc(C)n(-c2ncnc(N3CCN(C(=O)N[C@@H](CC=N)c4cc(F)cc(C#N)c4)CC3)n2)n1. The minimum atomic E-state index is -0.624. The van der Waals surface area contributed by atoms with Gasteiger partial charge in [0.1, 0.15) is 23.8 Å². The third kappa shape index (κ3) is 5.37. The van der Waals surface area contributed by atoms with Crippen molar-refractivity contribution in [1.29, 1.82) is 10.7 Å². The van der Waals surface area contributed by atoms with Crippen molar-refractivity contribution < 1.29 is 9.18 Å². The van der Waals surface area contributed by atoms with Gasteiger partial charge in [-0.2, -0.15) is 19.9 Å². The van der Waals surface area contributed by atoms with Crippen LogP contribution in [0.25, 0.3) is 5.95 Å². The molecule has 3 aromatic rings. The first-order valence-corrected chi connectivity index (χ1v) is 11.0. The van der Waals surface area contributed by atoms with Gasteiger partial charge in [-0.05, 0) is 43.8 Å². The summed E-state index contributed by atoms with van der Waals surface area (Å²) in [6, 6.07) is 4.87. The summed E-state index contributed by atoms with van der Waals surface area (Å²) in [7, 11) is 0. The number of hydrogen-bond acceptors (Lipinski definition) is 9. The molecule has 1 fully saturated rings. The first-order chi connectivity index (χ1) is 16.9. The molecule has 1 aliphatic heterocycles. The quantitative estimate of drug-likeness (QED) is 0.509. The molecule has 2 aromatic heterocycles. The van der Waals surface area contributed by atoms with Crippen molar-refractivity contribution in [2.75, 3.05) is 31.1 Å². The number of piperazine rings is 1. The molecule has 1 aromatic carbocycles. The van der Waals surface area contributed by atoms with Crippen LogP contribution in [-0.4, -0.2) is 73.0 Å². The molecular formula is C22H24FN11O. The van der Waals surface area contributed by atoms with E-state index in [1.54, 1.807) is 16.5 Å². The predicted octanol–water partition coefficient (Wildman–Crippen LogP) is 1.69. The second kappa shape index (κ2) is 10.2. The number of nitriles is 1. The van der Waals surface area contributed by atoms with Crippen LogP contribution in [0.3, 0.4) is 0 Å². The Hall–Kier alpha value is -4.47. The molecule has 0 saturated carbocycles. The fourth-order valence-corrected chi connectivity index (χ4v) is 3.87. The fourth-order valence-electron chi connectivity index (χ4n) is 3.87. The number of hydrogen-bond donors (Lipinski definition) is 2. The molecule has 0 radical (unpaired) electrons. The Morgan fingerprint density at radius 1 is 1.20 bits per heavy atom. The van der Waals surface area contributed by atoms with Crippen LogP contribution in [0.15, 0.2) is 24.5 Å². The molecule has 2 amide bonds. The highest BCUT2D eigenvalue weighted by Crippen LogP contribution is 2.20. The molecule has 2 N–H and O–H groups in total. The van der Waals surface area contributed by atoms with Gasteiger partial charge in [-0.1, -0.05) is 0 Å². The highest BCUT2D eigenvalue weighted by Gasteiger charge is 2.25. The van der Waals surface area contributed by atoms with E-state index in [0.29, 0.717) is 55.3 Å². The lowest BCUT2D eigenvalue weighted by Crippen LogP contribution is -2.52. The average Bonchev–Trinajstić information content (AvgIpc) is 3.21. The standard InChI is InChI=1S/C22H24FN11O/c1-14-28-15(2)34(31-14)21-27-13-26-20(30-21)32-5-7-33(8-6-32)22(35)29-19(3-4-24)17-9-16(12-25)10-18(23)11-17/h4,9-11,13,19,24H,3,5-8H2,1-2H3,(H,29,35)/t19-/m0/s1. The van der Waals surface area contributed by atoms with Gasteiger partial charge in [-0.25, -0.2) is 19.2 Å². The lowest BCUT2D eigenvalue weighted by atomic mass is 10.0. The van der Waals surface area contributed by atoms with E-state index < -0.39 is 11.9 Å². The second-order valence-corrected chi connectivity index (χ2v) is 8.00. The zero-order chi connectivity index (χ0) is 24.9. The number of urea groups is 1. The Kier molecular flexibility index (Phi) is 6.91. The van der Waals surface area contributed by atoms with Gasteiger partial charge in [0.2, 0.25) is 5.95 Å². The largest absolute Gasteiger partial charge is 0.337 e. The first kappa shape index (κ1) is 23.7. The number of rotatable bonds is 6. The van der Waals surface area contributed by atoms with Crippen LogP contribution < -0.4 is 10.2 Å². The molecule has 180 valence electrons. The molecule has 0 aliphatic carbocycles. The molecule has 35 heavy (non-hydrogen) atoms. The van der Waals surface area contributed by atoms with Gasteiger partial charge in [-0.15, -0.1) is 5.10 Å². The van der Waals surface area contributed by atoms with E-state index >= 15 is 0 Å². The lowest BCUT2D eigenvalue weighted by Gasteiger charge is -2.35. The summed E-state index contributed by atoms with van der Waals surface area (Å²) in [5, 5.41) is 23.7. The van der Waals surface area contributed by atoms with Crippen molar-refractivity contribution in [3.8, 4) is 12.0 Å².